The van der Waals surface area contributed by atoms with Gasteiger partial charge >= 0.3 is 23.8 Å². The summed E-state index contributed by atoms with van der Waals surface area (Å²) in [5, 5.41) is 26.9. The van der Waals surface area contributed by atoms with Crippen LogP contribution in [0.2, 0.25) is 0 Å². The zero-order valence-electron chi connectivity index (χ0n) is 25.6. The van der Waals surface area contributed by atoms with Gasteiger partial charge in [0.1, 0.15) is 6.61 Å². The number of nitrogens with zero attached hydrogens (tertiary/aromatic N) is 3. The van der Waals surface area contributed by atoms with Crippen molar-refractivity contribution < 1.29 is 48.4 Å². The fourth-order valence-corrected chi connectivity index (χ4v) is 6.29. The van der Waals surface area contributed by atoms with E-state index in [0.717, 1.165) is 33.0 Å². The Morgan fingerprint density at radius 3 is 2.52 bits per heavy atom. The zero-order valence-corrected chi connectivity index (χ0v) is 25.6. The first-order chi connectivity index (χ1) is 21.8. The van der Waals surface area contributed by atoms with Gasteiger partial charge in [0, 0.05) is 31.4 Å². The Morgan fingerprint density at radius 2 is 1.83 bits per heavy atom. The lowest BCUT2D eigenvalue weighted by molar-refractivity contribution is -0.303. The van der Waals surface area contributed by atoms with E-state index >= 15 is 0 Å². The van der Waals surface area contributed by atoms with Gasteiger partial charge in [-0.3, -0.25) is 24.1 Å². The molecule has 15 nitrogen and oxygen atoms in total. The van der Waals surface area contributed by atoms with Crippen molar-refractivity contribution in [1.29, 1.82) is 0 Å². The molecule has 0 radical (unpaired) electrons. The number of aliphatic hydroxyl groups is 2. The van der Waals surface area contributed by atoms with E-state index in [1.165, 1.54) is 0 Å². The second kappa shape index (κ2) is 11.1. The fourth-order valence-electron chi connectivity index (χ4n) is 6.29. The molecule has 3 aromatic rings. The highest BCUT2D eigenvalue weighted by atomic mass is 16.8. The first kappa shape index (κ1) is 31.0. The van der Waals surface area contributed by atoms with Crippen LogP contribution in [0.15, 0.2) is 30.5 Å². The molecular weight excluding hydrogens is 602 g/mol. The molecule has 2 aromatic heterocycles. The van der Waals surface area contributed by atoms with Crippen LogP contribution in [-0.2, 0) is 44.7 Å². The molecule has 0 unspecified atom stereocenters. The highest BCUT2D eigenvalue weighted by Crippen LogP contribution is 2.44. The van der Waals surface area contributed by atoms with Crippen molar-refractivity contribution in [2.24, 2.45) is 5.92 Å². The van der Waals surface area contributed by atoms with Gasteiger partial charge in [-0.2, -0.15) is 0 Å². The van der Waals surface area contributed by atoms with Gasteiger partial charge in [0.05, 0.1) is 23.5 Å². The SMILES string of the molecule is Cc1cccc(C)c1CNc1cc(NC(=O)[C@H]2C(=O)O[C@H]3CCN(C(=O)CO)[C@]34OC(=O)C[C@@]2(O)C(=O)O4)cn2c(C)c(C)nc12. The lowest BCUT2D eigenvalue weighted by atomic mass is 9.83. The minimum absolute atomic E-state index is 0.143. The van der Waals surface area contributed by atoms with Gasteiger partial charge in [-0.25, -0.2) is 9.78 Å². The quantitative estimate of drug-likeness (QED) is 0.219. The van der Waals surface area contributed by atoms with Crippen LogP contribution in [0.25, 0.3) is 5.65 Å². The molecule has 46 heavy (non-hydrogen) atoms. The Kier molecular flexibility index (Phi) is 7.48. The molecule has 2 amide bonds. The summed E-state index contributed by atoms with van der Waals surface area (Å²) in [6.07, 6.45) is -1.23. The molecule has 6 rings (SSSR count). The monoisotopic (exact) mass is 635 g/mol. The van der Waals surface area contributed by atoms with E-state index in [9.17, 15) is 34.2 Å². The predicted octanol–water partition coefficient (Wildman–Crippen LogP) is 0.760. The van der Waals surface area contributed by atoms with E-state index in [-0.39, 0.29) is 18.7 Å². The molecule has 0 saturated carbocycles. The van der Waals surface area contributed by atoms with Crippen molar-refractivity contribution in [3.8, 4) is 0 Å². The minimum Gasteiger partial charge on any atom is -0.451 e. The number of aryl methyl sites for hydroxylation is 4. The minimum atomic E-state index is -3.04. The van der Waals surface area contributed by atoms with E-state index in [1.807, 2.05) is 45.9 Å². The second-order valence-corrected chi connectivity index (χ2v) is 11.8. The van der Waals surface area contributed by atoms with Crippen LogP contribution < -0.4 is 10.6 Å². The highest BCUT2D eigenvalue weighted by Gasteiger charge is 2.69. The summed E-state index contributed by atoms with van der Waals surface area (Å²) in [4.78, 5) is 71.7. The Labute approximate surface area is 262 Å². The molecule has 2 bridgehead atoms. The molecule has 4 atom stereocenters. The number of fused-ring (bicyclic) bond motifs is 3. The second-order valence-electron chi connectivity index (χ2n) is 11.8. The maximum absolute atomic E-state index is 13.8. The third kappa shape index (κ3) is 4.82. The third-order valence-corrected chi connectivity index (χ3v) is 8.90. The number of ether oxygens (including phenoxy) is 3. The molecule has 242 valence electrons. The molecule has 3 aliphatic rings. The summed E-state index contributed by atoms with van der Waals surface area (Å²) >= 11 is 0. The van der Waals surface area contributed by atoms with Crippen LogP contribution in [0.5, 0.6) is 0 Å². The number of esters is 3. The van der Waals surface area contributed by atoms with Crippen LogP contribution in [0.1, 0.15) is 40.9 Å². The van der Waals surface area contributed by atoms with Gasteiger partial charge in [-0.05, 0) is 50.5 Å². The first-order valence-electron chi connectivity index (χ1n) is 14.7. The Balaban J connectivity index is 1.35. The fraction of sp³-hybridized carbons (Fsp3) is 0.419. The van der Waals surface area contributed by atoms with Gasteiger partial charge in [0.15, 0.2) is 17.2 Å². The lowest BCUT2D eigenvalue weighted by Gasteiger charge is -2.40. The summed E-state index contributed by atoms with van der Waals surface area (Å²) in [5.74, 6) is -11.0. The summed E-state index contributed by atoms with van der Waals surface area (Å²) in [6.45, 7) is 6.90. The average Bonchev–Trinajstić information content (AvgIpc) is 3.44. The molecule has 0 aliphatic carbocycles. The number of aliphatic hydroxyl groups excluding tert-OH is 1. The Hall–Kier alpha value is -5.02. The number of hydrogen-bond acceptors (Lipinski definition) is 12. The van der Waals surface area contributed by atoms with Crippen LogP contribution in [0.4, 0.5) is 11.4 Å². The molecule has 1 spiro atoms. The molecular formula is C31H33N5O10. The van der Waals surface area contributed by atoms with Crippen molar-refractivity contribution >= 4 is 46.7 Å². The topological polar surface area (TPSA) is 198 Å². The van der Waals surface area contributed by atoms with Crippen LogP contribution in [0, 0.1) is 33.6 Å². The molecule has 3 saturated heterocycles. The zero-order chi connectivity index (χ0) is 33.1. The number of benzene rings is 1. The van der Waals surface area contributed by atoms with Crippen molar-refractivity contribution in [2.75, 3.05) is 23.8 Å². The largest absolute Gasteiger partial charge is 0.451 e. The number of aromatic nitrogens is 2. The molecule has 3 fully saturated rings. The van der Waals surface area contributed by atoms with Crippen LogP contribution in [-0.4, -0.2) is 85.0 Å². The van der Waals surface area contributed by atoms with Crippen molar-refractivity contribution in [1.82, 2.24) is 14.3 Å². The number of imidazole rings is 1. The number of anilines is 2. The smallest absolute Gasteiger partial charge is 0.384 e. The molecule has 15 heteroatoms. The van der Waals surface area contributed by atoms with Gasteiger partial charge in [-0.15, -0.1) is 0 Å². The van der Waals surface area contributed by atoms with Crippen molar-refractivity contribution in [2.45, 2.75) is 64.7 Å². The normalized spacial score (nSPS) is 25.6. The van der Waals surface area contributed by atoms with Crippen molar-refractivity contribution in [3.05, 3.63) is 58.5 Å². The first-order valence-corrected chi connectivity index (χ1v) is 14.7. The van der Waals surface area contributed by atoms with Crippen molar-refractivity contribution in [3.63, 3.8) is 0 Å². The number of amides is 2. The standard InChI is InChI=1S/C31H33N5O10/c1-15-6-5-7-16(2)20(15)12-32-21-10-19(13-35-18(4)17(3)33-26(21)35)34-27(40)25-28(41)44-22-8-9-36(23(38)14-37)31(22)45-24(39)11-30(25,43)29(42)46-31/h5-7,10,13,22,25,32,37,43H,8-9,11-12,14H2,1-4H3,(H,34,40)/t22-,25-,30-,31-/m0/s1. The highest BCUT2D eigenvalue weighted by molar-refractivity contribution is 6.11. The molecule has 1 aromatic carbocycles. The molecule has 4 N–H and O–H groups in total. The Bertz CT molecular complexity index is 1800. The summed E-state index contributed by atoms with van der Waals surface area (Å²) < 4.78 is 17.9. The number of rotatable bonds is 6. The van der Waals surface area contributed by atoms with Gasteiger partial charge in [-0.1, -0.05) is 18.2 Å². The number of nitrogens with one attached hydrogen (secondary N) is 2. The third-order valence-electron chi connectivity index (χ3n) is 8.90. The summed E-state index contributed by atoms with van der Waals surface area (Å²) in [7, 11) is 0. The number of hydrogen-bond donors (Lipinski definition) is 4. The number of pyridine rings is 1. The predicted molar refractivity (Wildman–Crippen MR) is 158 cm³/mol. The van der Waals surface area contributed by atoms with E-state index in [1.54, 1.807) is 16.7 Å². The Morgan fingerprint density at radius 1 is 1.11 bits per heavy atom. The van der Waals surface area contributed by atoms with Crippen LogP contribution in [0.3, 0.4) is 0 Å². The van der Waals surface area contributed by atoms with E-state index < -0.39 is 66.3 Å². The van der Waals surface area contributed by atoms with E-state index in [0.29, 0.717) is 17.9 Å². The summed E-state index contributed by atoms with van der Waals surface area (Å²) in [5.41, 5.74) is 3.04. The average molecular weight is 636 g/mol. The maximum atomic E-state index is 13.8. The molecule has 5 heterocycles. The maximum Gasteiger partial charge on any atom is 0.384 e. The number of carbonyl (C=O) groups is 5. The van der Waals surface area contributed by atoms with E-state index in [4.69, 9.17) is 14.2 Å². The van der Waals surface area contributed by atoms with Crippen LogP contribution >= 0.6 is 0 Å². The number of likely N-dealkylation sites (tertiary alicyclic amines) is 1. The van der Waals surface area contributed by atoms with E-state index in [2.05, 4.69) is 15.6 Å². The van der Waals surface area contributed by atoms with Gasteiger partial charge < -0.3 is 39.5 Å². The lowest BCUT2D eigenvalue weighted by Crippen LogP contribution is -2.64. The van der Waals surface area contributed by atoms with Gasteiger partial charge in [0.25, 0.3) is 5.91 Å². The number of carbonyl (C=O) groups excluding carboxylic acids is 5. The summed E-state index contributed by atoms with van der Waals surface area (Å²) in [6, 6.07) is 7.58. The van der Waals surface area contributed by atoms with Gasteiger partial charge in [0.2, 0.25) is 12.0 Å². The molecule has 3 aliphatic heterocycles.